The van der Waals surface area contributed by atoms with E-state index >= 15 is 0 Å². The lowest BCUT2D eigenvalue weighted by atomic mass is 10.0. The maximum Gasteiger partial charge on any atom is 0.306 e. The van der Waals surface area contributed by atoms with Crippen LogP contribution >= 0.6 is 0 Å². The van der Waals surface area contributed by atoms with Gasteiger partial charge in [-0.05, 0) is 19.3 Å². The summed E-state index contributed by atoms with van der Waals surface area (Å²) in [4.78, 5) is 21.4. The van der Waals surface area contributed by atoms with Crippen molar-refractivity contribution in [1.29, 1.82) is 0 Å². The average Bonchev–Trinajstić information content (AvgIpc) is 2.62. The molecular weight excluding hydrogens is 328 g/mol. The maximum atomic E-state index is 11.2. The number of ether oxygens (including phenoxy) is 1. The Hall–Kier alpha value is -1.32. The molecule has 0 atom stereocenters. The van der Waals surface area contributed by atoms with Crippen LogP contribution in [0.1, 0.15) is 110 Å². The van der Waals surface area contributed by atoms with Gasteiger partial charge in [0.2, 0.25) is 0 Å². The van der Waals surface area contributed by atoms with Gasteiger partial charge in [0.1, 0.15) is 6.61 Å². The Morgan fingerprint density at radius 2 is 1.23 bits per heavy atom. The van der Waals surface area contributed by atoms with Crippen molar-refractivity contribution in [3.05, 3.63) is 12.2 Å². The van der Waals surface area contributed by atoms with E-state index < -0.39 is 11.9 Å². The number of carboxylic acid groups (broad SMARTS) is 1. The van der Waals surface area contributed by atoms with Crippen LogP contribution in [-0.2, 0) is 14.3 Å². The van der Waals surface area contributed by atoms with E-state index in [1.165, 1.54) is 83.5 Å². The standard InChI is InChI=1S/C22H40O4/c1-2-3-4-5-6-7-8-9-10-11-12-13-14-15-16-17-20-26-22(25)19-18-21(23)24/h16-17H,2-15,18-20H2,1H3,(H,23,24)/p-1. The highest BCUT2D eigenvalue weighted by Crippen LogP contribution is 2.13. The van der Waals surface area contributed by atoms with Crippen LogP contribution in [0.3, 0.4) is 0 Å². The lowest BCUT2D eigenvalue weighted by molar-refractivity contribution is -0.305. The van der Waals surface area contributed by atoms with E-state index in [1.54, 1.807) is 0 Å². The fraction of sp³-hybridized carbons (Fsp3) is 0.818. The number of carbonyl (C=O) groups excluding carboxylic acids is 2. The van der Waals surface area contributed by atoms with Gasteiger partial charge in [0.15, 0.2) is 0 Å². The number of aliphatic carboxylic acids is 1. The Morgan fingerprint density at radius 1 is 0.731 bits per heavy atom. The summed E-state index contributed by atoms with van der Waals surface area (Å²) in [5.41, 5.74) is 0. The van der Waals surface area contributed by atoms with Crippen LogP contribution in [0.15, 0.2) is 12.2 Å². The molecule has 26 heavy (non-hydrogen) atoms. The summed E-state index contributed by atoms with van der Waals surface area (Å²) in [6.07, 6.45) is 22.1. The fourth-order valence-corrected chi connectivity index (χ4v) is 2.88. The van der Waals surface area contributed by atoms with E-state index in [2.05, 4.69) is 6.92 Å². The van der Waals surface area contributed by atoms with E-state index in [1.807, 2.05) is 12.2 Å². The zero-order chi connectivity index (χ0) is 19.3. The molecule has 0 rings (SSSR count). The summed E-state index contributed by atoms with van der Waals surface area (Å²) in [5.74, 6) is -1.71. The van der Waals surface area contributed by atoms with Crippen molar-refractivity contribution in [3.63, 3.8) is 0 Å². The predicted molar refractivity (Wildman–Crippen MR) is 105 cm³/mol. The van der Waals surface area contributed by atoms with Gasteiger partial charge in [0.05, 0.1) is 6.42 Å². The smallest absolute Gasteiger partial charge is 0.306 e. The van der Waals surface area contributed by atoms with Gasteiger partial charge < -0.3 is 14.6 Å². The highest BCUT2D eigenvalue weighted by Gasteiger charge is 2.00. The molecule has 0 fully saturated rings. The van der Waals surface area contributed by atoms with Crippen molar-refractivity contribution < 1.29 is 19.4 Å². The molecule has 0 aromatic rings. The van der Waals surface area contributed by atoms with Crippen LogP contribution < -0.4 is 5.11 Å². The van der Waals surface area contributed by atoms with E-state index in [0.717, 1.165) is 6.42 Å². The summed E-state index contributed by atoms with van der Waals surface area (Å²) in [7, 11) is 0. The minimum absolute atomic E-state index is 0.116. The zero-order valence-electron chi connectivity index (χ0n) is 16.8. The monoisotopic (exact) mass is 367 g/mol. The predicted octanol–water partition coefficient (Wildman–Crippen LogP) is 5.10. The molecule has 0 amide bonds. The topological polar surface area (TPSA) is 66.4 Å². The summed E-state index contributed by atoms with van der Waals surface area (Å²) < 4.78 is 4.89. The molecule has 0 aliphatic carbocycles. The van der Waals surface area contributed by atoms with Gasteiger partial charge in [0, 0.05) is 5.97 Å². The molecule has 0 spiro atoms. The summed E-state index contributed by atoms with van der Waals surface area (Å²) in [6, 6.07) is 0. The van der Waals surface area contributed by atoms with Gasteiger partial charge in [-0.2, -0.15) is 0 Å². The molecule has 0 aliphatic rings. The van der Waals surface area contributed by atoms with Crippen molar-refractivity contribution in [2.45, 2.75) is 110 Å². The first kappa shape index (κ1) is 24.7. The molecule has 0 aliphatic heterocycles. The third kappa shape index (κ3) is 20.7. The van der Waals surface area contributed by atoms with Crippen LogP contribution in [0.5, 0.6) is 0 Å². The molecule has 0 aromatic carbocycles. The number of esters is 1. The number of carbonyl (C=O) groups is 2. The lowest BCUT2D eigenvalue weighted by Gasteiger charge is -2.03. The van der Waals surface area contributed by atoms with Crippen LogP contribution in [0.4, 0.5) is 0 Å². The first-order valence-electron chi connectivity index (χ1n) is 10.7. The summed E-state index contributed by atoms with van der Waals surface area (Å²) in [5, 5.41) is 10.2. The Kier molecular flexibility index (Phi) is 19.0. The lowest BCUT2D eigenvalue weighted by Crippen LogP contribution is -2.23. The minimum atomic E-state index is -1.22. The summed E-state index contributed by atoms with van der Waals surface area (Å²) >= 11 is 0. The molecule has 0 aromatic heterocycles. The SMILES string of the molecule is CCCCCCCCCCCCCCCC=CCOC(=O)CCC(=O)[O-]. The quantitative estimate of drug-likeness (QED) is 0.181. The average molecular weight is 368 g/mol. The zero-order valence-corrected chi connectivity index (χ0v) is 16.8. The normalized spacial score (nSPS) is 11.1. The molecule has 0 saturated carbocycles. The van der Waals surface area contributed by atoms with Crippen LogP contribution in [-0.4, -0.2) is 18.5 Å². The second kappa shape index (κ2) is 20.0. The van der Waals surface area contributed by atoms with Crippen molar-refractivity contribution in [1.82, 2.24) is 0 Å². The van der Waals surface area contributed by atoms with Crippen LogP contribution in [0, 0.1) is 0 Å². The second-order valence-corrected chi connectivity index (χ2v) is 7.06. The first-order valence-corrected chi connectivity index (χ1v) is 10.7. The van der Waals surface area contributed by atoms with Gasteiger partial charge in [-0.3, -0.25) is 4.79 Å². The molecule has 0 saturated heterocycles. The van der Waals surface area contributed by atoms with Crippen molar-refractivity contribution in [2.75, 3.05) is 6.61 Å². The number of unbranched alkanes of at least 4 members (excludes halogenated alkanes) is 13. The minimum Gasteiger partial charge on any atom is -0.550 e. The number of hydrogen-bond acceptors (Lipinski definition) is 4. The fourth-order valence-electron chi connectivity index (χ4n) is 2.88. The van der Waals surface area contributed by atoms with Crippen LogP contribution in [0.25, 0.3) is 0 Å². The third-order valence-electron chi connectivity index (χ3n) is 4.51. The van der Waals surface area contributed by atoms with Crippen LogP contribution in [0.2, 0.25) is 0 Å². The molecular formula is C22H39O4-. The Morgan fingerprint density at radius 3 is 1.73 bits per heavy atom. The van der Waals surface area contributed by atoms with E-state index in [9.17, 15) is 14.7 Å². The number of allylic oxidation sites excluding steroid dienone is 1. The second-order valence-electron chi connectivity index (χ2n) is 7.06. The van der Waals surface area contributed by atoms with Gasteiger partial charge in [-0.1, -0.05) is 96.1 Å². The van der Waals surface area contributed by atoms with E-state index in [0.29, 0.717) is 0 Å². The van der Waals surface area contributed by atoms with E-state index in [4.69, 9.17) is 4.74 Å². The van der Waals surface area contributed by atoms with Crippen molar-refractivity contribution >= 4 is 11.9 Å². The molecule has 0 N–H and O–H groups in total. The highest BCUT2D eigenvalue weighted by atomic mass is 16.5. The first-order chi connectivity index (χ1) is 12.7. The highest BCUT2D eigenvalue weighted by molar-refractivity contribution is 5.75. The molecule has 152 valence electrons. The molecule has 0 unspecified atom stereocenters. The number of hydrogen-bond donors (Lipinski definition) is 0. The number of carboxylic acids is 1. The summed E-state index contributed by atoms with van der Waals surface area (Å²) in [6.45, 7) is 2.49. The van der Waals surface area contributed by atoms with E-state index in [-0.39, 0.29) is 19.4 Å². The molecule has 0 bridgehead atoms. The van der Waals surface area contributed by atoms with Crippen molar-refractivity contribution in [2.24, 2.45) is 0 Å². The largest absolute Gasteiger partial charge is 0.550 e. The molecule has 0 heterocycles. The molecule has 0 radical (unpaired) electrons. The van der Waals surface area contributed by atoms with Gasteiger partial charge in [-0.25, -0.2) is 0 Å². The maximum absolute atomic E-state index is 11.2. The molecule has 4 nitrogen and oxygen atoms in total. The van der Waals surface area contributed by atoms with Gasteiger partial charge >= 0.3 is 5.97 Å². The molecule has 4 heteroatoms. The Bertz CT molecular complexity index is 363. The van der Waals surface area contributed by atoms with Gasteiger partial charge in [-0.15, -0.1) is 0 Å². The van der Waals surface area contributed by atoms with Crippen molar-refractivity contribution in [3.8, 4) is 0 Å². The Balaban J connectivity index is 3.19. The van der Waals surface area contributed by atoms with Gasteiger partial charge in [0.25, 0.3) is 0 Å². The third-order valence-corrected chi connectivity index (χ3v) is 4.51. The Labute approximate surface area is 160 Å². The number of rotatable bonds is 19.